The molecule has 0 spiro atoms. The van der Waals surface area contributed by atoms with Gasteiger partial charge in [0.05, 0.1) is 17.8 Å². The summed E-state index contributed by atoms with van der Waals surface area (Å²) < 4.78 is 30.1. The quantitative estimate of drug-likeness (QED) is 0.640. The molecular weight excluding hydrogens is 348 g/mol. The van der Waals surface area contributed by atoms with Crippen molar-refractivity contribution in [1.82, 2.24) is 4.98 Å². The maximum absolute atomic E-state index is 12.4. The average molecular weight is 370 g/mol. The number of benzene rings is 2. The minimum Gasteiger partial charge on any atom is -0.494 e. The standard InChI is InChI=1S/C20H22N2O3S/c1-15-14-22-20-17(10-6-11-18(20)25-2)19(15)21-12-7-13-26(23,24)16-8-4-3-5-9-16/h3-6,8-11,14H,7,12-13H2,1-2H3,(H,21,22). The van der Waals surface area contributed by atoms with Crippen LogP contribution in [0.5, 0.6) is 5.75 Å². The molecule has 0 unspecified atom stereocenters. The van der Waals surface area contributed by atoms with Crippen molar-refractivity contribution in [2.45, 2.75) is 18.2 Å². The molecule has 0 saturated heterocycles. The number of para-hydroxylation sites is 1. The lowest BCUT2D eigenvalue weighted by molar-refractivity contribution is 0.419. The van der Waals surface area contributed by atoms with Crippen LogP contribution in [0.3, 0.4) is 0 Å². The van der Waals surface area contributed by atoms with Gasteiger partial charge in [-0.25, -0.2) is 8.42 Å². The summed E-state index contributed by atoms with van der Waals surface area (Å²) in [6.07, 6.45) is 2.32. The number of nitrogens with one attached hydrogen (secondary N) is 1. The molecule has 0 fully saturated rings. The van der Waals surface area contributed by atoms with Crippen LogP contribution in [0.4, 0.5) is 5.69 Å². The molecule has 1 aromatic heterocycles. The highest BCUT2D eigenvalue weighted by molar-refractivity contribution is 7.91. The number of aromatic nitrogens is 1. The number of rotatable bonds is 7. The van der Waals surface area contributed by atoms with E-state index in [9.17, 15) is 8.42 Å². The van der Waals surface area contributed by atoms with Crippen LogP contribution in [0.2, 0.25) is 0 Å². The number of ether oxygens (including phenoxy) is 1. The number of nitrogens with zero attached hydrogens (tertiary/aromatic N) is 1. The maximum atomic E-state index is 12.4. The van der Waals surface area contributed by atoms with E-state index in [4.69, 9.17) is 4.74 Å². The molecule has 1 N–H and O–H groups in total. The van der Waals surface area contributed by atoms with Crippen LogP contribution in [-0.2, 0) is 9.84 Å². The summed E-state index contributed by atoms with van der Waals surface area (Å²) in [6.45, 7) is 2.54. The Morgan fingerprint density at radius 3 is 2.58 bits per heavy atom. The van der Waals surface area contributed by atoms with Gasteiger partial charge < -0.3 is 10.1 Å². The van der Waals surface area contributed by atoms with Crippen LogP contribution < -0.4 is 10.1 Å². The summed E-state index contributed by atoms with van der Waals surface area (Å²) in [6, 6.07) is 14.3. The number of sulfone groups is 1. The van der Waals surface area contributed by atoms with Gasteiger partial charge in [0.1, 0.15) is 11.3 Å². The zero-order valence-electron chi connectivity index (χ0n) is 14.9. The Kier molecular flexibility index (Phi) is 5.42. The normalized spacial score (nSPS) is 11.5. The zero-order chi connectivity index (χ0) is 18.6. The van der Waals surface area contributed by atoms with E-state index in [0.717, 1.165) is 27.9 Å². The van der Waals surface area contributed by atoms with Gasteiger partial charge in [0.25, 0.3) is 0 Å². The van der Waals surface area contributed by atoms with E-state index in [1.54, 1.807) is 37.6 Å². The van der Waals surface area contributed by atoms with E-state index in [1.165, 1.54) is 0 Å². The van der Waals surface area contributed by atoms with Crippen molar-refractivity contribution in [3.05, 3.63) is 60.3 Å². The van der Waals surface area contributed by atoms with Crippen LogP contribution >= 0.6 is 0 Å². The van der Waals surface area contributed by atoms with Gasteiger partial charge >= 0.3 is 0 Å². The summed E-state index contributed by atoms with van der Waals surface area (Å²) in [5.41, 5.74) is 2.77. The Balaban J connectivity index is 1.72. The predicted octanol–water partition coefficient (Wildman–Crippen LogP) is 3.83. The molecule has 0 saturated carbocycles. The Labute approximate surface area is 154 Å². The number of methoxy groups -OCH3 is 1. The van der Waals surface area contributed by atoms with Gasteiger partial charge in [-0.15, -0.1) is 0 Å². The summed E-state index contributed by atoms with van der Waals surface area (Å²) in [7, 11) is -1.63. The Hall–Kier alpha value is -2.60. The smallest absolute Gasteiger partial charge is 0.178 e. The Morgan fingerprint density at radius 1 is 1.08 bits per heavy atom. The monoisotopic (exact) mass is 370 g/mol. The molecule has 6 heteroatoms. The summed E-state index contributed by atoms with van der Waals surface area (Å²) in [5, 5.41) is 4.34. The molecule has 0 radical (unpaired) electrons. The summed E-state index contributed by atoms with van der Waals surface area (Å²) >= 11 is 0. The first kappa shape index (κ1) is 18.2. The highest BCUT2D eigenvalue weighted by Gasteiger charge is 2.14. The number of pyridine rings is 1. The average Bonchev–Trinajstić information content (AvgIpc) is 2.66. The Morgan fingerprint density at radius 2 is 1.85 bits per heavy atom. The van der Waals surface area contributed by atoms with Gasteiger partial charge in [-0.1, -0.05) is 30.3 Å². The fourth-order valence-electron chi connectivity index (χ4n) is 2.92. The van der Waals surface area contributed by atoms with Gasteiger partial charge in [-0.3, -0.25) is 4.98 Å². The van der Waals surface area contributed by atoms with Gasteiger partial charge in [-0.05, 0) is 37.1 Å². The summed E-state index contributed by atoms with van der Waals surface area (Å²) in [5.74, 6) is 0.826. The molecule has 2 aromatic carbocycles. The maximum Gasteiger partial charge on any atom is 0.178 e. The molecule has 0 aliphatic rings. The van der Waals surface area contributed by atoms with E-state index in [1.807, 2.05) is 31.2 Å². The van der Waals surface area contributed by atoms with Gasteiger partial charge in [0.15, 0.2) is 9.84 Å². The van der Waals surface area contributed by atoms with E-state index in [-0.39, 0.29) is 5.75 Å². The van der Waals surface area contributed by atoms with Crippen LogP contribution in [-0.4, -0.2) is 32.8 Å². The molecule has 26 heavy (non-hydrogen) atoms. The molecule has 0 aliphatic heterocycles. The van der Waals surface area contributed by atoms with Crippen LogP contribution in [0.1, 0.15) is 12.0 Å². The lowest BCUT2D eigenvalue weighted by atomic mass is 10.1. The van der Waals surface area contributed by atoms with Crippen molar-refractivity contribution in [3.8, 4) is 5.75 Å². The molecule has 3 rings (SSSR count). The number of aryl methyl sites for hydroxylation is 1. The number of fused-ring (bicyclic) bond motifs is 1. The zero-order valence-corrected chi connectivity index (χ0v) is 15.7. The second kappa shape index (κ2) is 7.74. The van der Waals surface area contributed by atoms with Crippen molar-refractivity contribution < 1.29 is 13.2 Å². The van der Waals surface area contributed by atoms with Crippen molar-refractivity contribution in [2.75, 3.05) is 24.7 Å². The number of hydrogen-bond acceptors (Lipinski definition) is 5. The molecule has 5 nitrogen and oxygen atoms in total. The van der Waals surface area contributed by atoms with Crippen molar-refractivity contribution in [3.63, 3.8) is 0 Å². The van der Waals surface area contributed by atoms with E-state index < -0.39 is 9.84 Å². The minimum atomic E-state index is -3.25. The molecule has 136 valence electrons. The third-order valence-electron chi connectivity index (χ3n) is 4.26. The fraction of sp³-hybridized carbons (Fsp3) is 0.250. The first-order valence-corrected chi connectivity index (χ1v) is 10.1. The topological polar surface area (TPSA) is 68.3 Å². The molecule has 0 atom stereocenters. The molecule has 0 amide bonds. The van der Waals surface area contributed by atoms with E-state index in [2.05, 4.69) is 10.3 Å². The second-order valence-corrected chi connectivity index (χ2v) is 8.19. The Bertz CT molecular complexity index is 1000. The van der Waals surface area contributed by atoms with E-state index in [0.29, 0.717) is 17.9 Å². The fourth-order valence-corrected chi connectivity index (χ4v) is 4.25. The van der Waals surface area contributed by atoms with Gasteiger partial charge in [-0.2, -0.15) is 0 Å². The van der Waals surface area contributed by atoms with Crippen molar-refractivity contribution in [1.29, 1.82) is 0 Å². The predicted molar refractivity (Wildman–Crippen MR) is 105 cm³/mol. The minimum absolute atomic E-state index is 0.107. The van der Waals surface area contributed by atoms with Crippen LogP contribution in [0.15, 0.2) is 59.6 Å². The van der Waals surface area contributed by atoms with Gasteiger partial charge in [0, 0.05) is 23.8 Å². The lowest BCUT2D eigenvalue weighted by Crippen LogP contribution is -2.12. The van der Waals surface area contributed by atoms with Crippen molar-refractivity contribution in [2.24, 2.45) is 0 Å². The first-order chi connectivity index (χ1) is 12.5. The number of anilines is 1. The SMILES string of the molecule is COc1cccc2c(NCCCS(=O)(=O)c3ccccc3)c(C)cnc12. The third-order valence-corrected chi connectivity index (χ3v) is 6.08. The molecule has 0 aliphatic carbocycles. The largest absolute Gasteiger partial charge is 0.494 e. The second-order valence-electron chi connectivity index (χ2n) is 6.08. The first-order valence-electron chi connectivity index (χ1n) is 8.47. The third kappa shape index (κ3) is 3.80. The van der Waals surface area contributed by atoms with Gasteiger partial charge in [0.2, 0.25) is 0 Å². The number of hydrogen-bond donors (Lipinski definition) is 1. The van der Waals surface area contributed by atoms with Crippen LogP contribution in [0, 0.1) is 6.92 Å². The summed E-state index contributed by atoms with van der Waals surface area (Å²) in [4.78, 5) is 4.83. The highest BCUT2D eigenvalue weighted by Crippen LogP contribution is 2.31. The van der Waals surface area contributed by atoms with Crippen molar-refractivity contribution >= 4 is 26.4 Å². The molecule has 0 bridgehead atoms. The molecule has 1 heterocycles. The van der Waals surface area contributed by atoms with E-state index >= 15 is 0 Å². The highest BCUT2D eigenvalue weighted by atomic mass is 32.2. The lowest BCUT2D eigenvalue weighted by Gasteiger charge is -2.14. The van der Waals surface area contributed by atoms with Crippen LogP contribution in [0.25, 0.3) is 10.9 Å². The molecule has 3 aromatic rings. The molecular formula is C20H22N2O3S.